The van der Waals surface area contributed by atoms with Crippen molar-refractivity contribution in [1.82, 2.24) is 9.97 Å². The maximum Gasteiger partial charge on any atom is 0.307 e. The van der Waals surface area contributed by atoms with E-state index in [2.05, 4.69) is 9.97 Å². The van der Waals surface area contributed by atoms with Crippen molar-refractivity contribution in [1.29, 1.82) is 0 Å². The van der Waals surface area contributed by atoms with Gasteiger partial charge in [0.15, 0.2) is 0 Å². The van der Waals surface area contributed by atoms with Crippen LogP contribution in [-0.4, -0.2) is 21.0 Å². The monoisotopic (exact) mass is 408 g/mol. The van der Waals surface area contributed by atoms with Crippen molar-refractivity contribution in [2.75, 3.05) is 0 Å². The number of benzene rings is 1. The fraction of sp³-hybridized carbons (Fsp3) is 0.105. The predicted molar refractivity (Wildman–Crippen MR) is 94.5 cm³/mol. The Morgan fingerprint density at radius 3 is 2.61 bits per heavy atom. The second kappa shape index (κ2) is 8.26. The first-order valence-corrected chi connectivity index (χ1v) is 8.31. The normalized spacial score (nSPS) is 10.7. The SMILES string of the molecule is O=C(O)Cc1cc(F)c(-c2cccc(OCc3ncc(Cl)cc3F)n2)cc1F. The summed E-state index contributed by atoms with van der Waals surface area (Å²) in [4.78, 5) is 18.6. The van der Waals surface area contributed by atoms with Crippen LogP contribution in [0.15, 0.2) is 42.6 Å². The topological polar surface area (TPSA) is 72.3 Å². The van der Waals surface area contributed by atoms with Gasteiger partial charge in [0.1, 0.15) is 29.8 Å². The molecule has 9 heteroatoms. The second-order valence-electron chi connectivity index (χ2n) is 5.73. The molecule has 0 fully saturated rings. The van der Waals surface area contributed by atoms with E-state index < -0.39 is 29.8 Å². The van der Waals surface area contributed by atoms with Gasteiger partial charge in [-0.15, -0.1) is 0 Å². The van der Waals surface area contributed by atoms with E-state index in [0.717, 1.165) is 18.2 Å². The maximum absolute atomic E-state index is 14.3. The molecule has 5 nitrogen and oxygen atoms in total. The van der Waals surface area contributed by atoms with Gasteiger partial charge in [-0.05, 0) is 24.3 Å². The Balaban J connectivity index is 1.83. The van der Waals surface area contributed by atoms with Crippen LogP contribution < -0.4 is 4.74 Å². The number of nitrogens with zero attached hydrogens (tertiary/aromatic N) is 2. The molecular weight excluding hydrogens is 397 g/mol. The van der Waals surface area contributed by atoms with Gasteiger partial charge in [-0.1, -0.05) is 17.7 Å². The first-order valence-electron chi connectivity index (χ1n) is 7.93. The van der Waals surface area contributed by atoms with Crippen molar-refractivity contribution in [3.8, 4) is 17.1 Å². The van der Waals surface area contributed by atoms with E-state index in [9.17, 15) is 18.0 Å². The molecule has 0 radical (unpaired) electrons. The van der Waals surface area contributed by atoms with Crippen LogP contribution in [0.4, 0.5) is 13.2 Å². The van der Waals surface area contributed by atoms with Crippen LogP contribution in [0.25, 0.3) is 11.3 Å². The summed E-state index contributed by atoms with van der Waals surface area (Å²) in [5.41, 5.74) is -0.356. The summed E-state index contributed by atoms with van der Waals surface area (Å²) >= 11 is 5.63. The lowest BCUT2D eigenvalue weighted by Gasteiger charge is -2.09. The van der Waals surface area contributed by atoms with Crippen LogP contribution in [0.5, 0.6) is 5.88 Å². The molecule has 3 aromatic rings. The molecule has 0 unspecified atom stereocenters. The highest BCUT2D eigenvalue weighted by molar-refractivity contribution is 6.30. The van der Waals surface area contributed by atoms with Crippen LogP contribution in [0, 0.1) is 17.5 Å². The fourth-order valence-electron chi connectivity index (χ4n) is 2.42. The first kappa shape index (κ1) is 19.6. The predicted octanol–water partition coefficient (Wildman–Crippen LogP) is 4.42. The van der Waals surface area contributed by atoms with Crippen molar-refractivity contribution < 1.29 is 27.8 Å². The van der Waals surface area contributed by atoms with E-state index in [0.29, 0.717) is 0 Å². The summed E-state index contributed by atoms with van der Waals surface area (Å²) in [5.74, 6) is -3.57. The Morgan fingerprint density at radius 1 is 1.11 bits per heavy atom. The van der Waals surface area contributed by atoms with Gasteiger partial charge in [-0.25, -0.2) is 18.2 Å². The Bertz CT molecular complexity index is 1050. The molecule has 28 heavy (non-hydrogen) atoms. The molecule has 0 amide bonds. The Labute approximate surface area is 162 Å². The number of carboxylic acids is 1. The molecule has 3 rings (SSSR count). The van der Waals surface area contributed by atoms with Crippen LogP contribution >= 0.6 is 11.6 Å². The summed E-state index contributed by atoms with van der Waals surface area (Å²) in [5, 5.41) is 8.88. The summed E-state index contributed by atoms with van der Waals surface area (Å²) in [6, 6.07) is 7.19. The molecular formula is C19H12ClF3N2O3. The number of hydrogen-bond donors (Lipinski definition) is 1. The molecule has 0 aliphatic rings. The number of pyridine rings is 2. The Hall–Kier alpha value is -3.13. The molecule has 0 aliphatic heterocycles. The summed E-state index contributed by atoms with van der Waals surface area (Å²) in [6.45, 7) is -0.242. The maximum atomic E-state index is 14.3. The first-order chi connectivity index (χ1) is 13.3. The Morgan fingerprint density at radius 2 is 1.89 bits per heavy atom. The van der Waals surface area contributed by atoms with Crippen molar-refractivity contribution in [3.05, 3.63) is 76.3 Å². The number of rotatable bonds is 6. The second-order valence-corrected chi connectivity index (χ2v) is 6.16. The third-order valence-corrected chi connectivity index (χ3v) is 3.92. The molecule has 144 valence electrons. The number of aliphatic carboxylic acids is 1. The minimum Gasteiger partial charge on any atom is -0.481 e. The molecule has 0 saturated carbocycles. The lowest BCUT2D eigenvalue weighted by Crippen LogP contribution is -2.05. The van der Waals surface area contributed by atoms with E-state index >= 15 is 0 Å². The van der Waals surface area contributed by atoms with Gasteiger partial charge in [-0.3, -0.25) is 9.78 Å². The fourth-order valence-corrected chi connectivity index (χ4v) is 2.56. The number of carboxylic acid groups (broad SMARTS) is 1. The van der Waals surface area contributed by atoms with Crippen LogP contribution in [0.3, 0.4) is 0 Å². The van der Waals surface area contributed by atoms with Crippen LogP contribution in [0.1, 0.15) is 11.3 Å². The van der Waals surface area contributed by atoms with Crippen molar-refractivity contribution in [3.63, 3.8) is 0 Å². The minimum absolute atomic E-state index is 0.00634. The highest BCUT2D eigenvalue weighted by atomic mass is 35.5. The highest BCUT2D eigenvalue weighted by Crippen LogP contribution is 2.26. The molecule has 0 aliphatic carbocycles. The summed E-state index contributed by atoms with van der Waals surface area (Å²) in [7, 11) is 0. The molecule has 1 N–H and O–H groups in total. The largest absolute Gasteiger partial charge is 0.481 e. The number of halogens is 4. The molecule has 0 saturated heterocycles. The van der Waals surface area contributed by atoms with Gasteiger partial charge < -0.3 is 9.84 Å². The third kappa shape index (κ3) is 4.58. The summed E-state index contributed by atoms with van der Waals surface area (Å²) < 4.78 is 47.5. The average Bonchev–Trinajstić information content (AvgIpc) is 2.63. The van der Waals surface area contributed by atoms with Gasteiger partial charge >= 0.3 is 5.97 Å². The molecule has 2 aromatic heterocycles. The van der Waals surface area contributed by atoms with Crippen molar-refractivity contribution >= 4 is 17.6 Å². The zero-order valence-electron chi connectivity index (χ0n) is 14.1. The van der Waals surface area contributed by atoms with Gasteiger partial charge in [0.2, 0.25) is 5.88 Å². The number of hydrogen-bond acceptors (Lipinski definition) is 4. The quantitative estimate of drug-likeness (QED) is 0.653. The van der Waals surface area contributed by atoms with E-state index in [1.165, 1.54) is 24.4 Å². The lowest BCUT2D eigenvalue weighted by atomic mass is 10.0. The zero-order valence-corrected chi connectivity index (χ0v) is 14.9. The van der Waals surface area contributed by atoms with Crippen LogP contribution in [0.2, 0.25) is 5.02 Å². The van der Waals surface area contributed by atoms with Gasteiger partial charge in [0.25, 0.3) is 0 Å². The van der Waals surface area contributed by atoms with Gasteiger partial charge in [0.05, 0.1) is 17.1 Å². The number of aromatic nitrogens is 2. The van der Waals surface area contributed by atoms with E-state index in [4.69, 9.17) is 21.4 Å². The Kier molecular flexibility index (Phi) is 5.79. The molecule has 1 aromatic carbocycles. The zero-order chi connectivity index (χ0) is 20.3. The van der Waals surface area contributed by atoms with Gasteiger partial charge in [0, 0.05) is 23.4 Å². The summed E-state index contributed by atoms with van der Waals surface area (Å²) in [6.07, 6.45) is 0.628. The van der Waals surface area contributed by atoms with Crippen LogP contribution in [-0.2, 0) is 17.8 Å². The average molecular weight is 409 g/mol. The molecule has 2 heterocycles. The molecule has 0 bridgehead atoms. The standard InChI is InChI=1S/C19H12ClF3N2O3/c20-11-6-15(23)17(24-8-11)9-28-18-3-1-2-16(25-18)12-7-13(21)10(4-14(12)22)5-19(26)27/h1-4,6-8H,5,9H2,(H,26,27). The van der Waals surface area contributed by atoms with Gasteiger partial charge in [-0.2, -0.15) is 0 Å². The van der Waals surface area contributed by atoms with E-state index in [1.54, 1.807) is 0 Å². The third-order valence-electron chi connectivity index (χ3n) is 3.72. The molecule has 0 spiro atoms. The molecule has 0 atom stereocenters. The van der Waals surface area contributed by atoms with E-state index in [-0.39, 0.29) is 40.0 Å². The lowest BCUT2D eigenvalue weighted by molar-refractivity contribution is -0.136. The number of ether oxygens (including phenoxy) is 1. The van der Waals surface area contributed by atoms with E-state index in [1.807, 2.05) is 0 Å². The minimum atomic E-state index is -1.28. The van der Waals surface area contributed by atoms with Crippen molar-refractivity contribution in [2.45, 2.75) is 13.0 Å². The highest BCUT2D eigenvalue weighted by Gasteiger charge is 2.15. The number of carbonyl (C=O) groups is 1. The van der Waals surface area contributed by atoms with Crippen molar-refractivity contribution in [2.24, 2.45) is 0 Å². The smallest absolute Gasteiger partial charge is 0.307 e.